The molecule has 2 rings (SSSR count). The van der Waals surface area contributed by atoms with Crippen LogP contribution in [0.3, 0.4) is 0 Å². The van der Waals surface area contributed by atoms with E-state index in [2.05, 4.69) is 48.8 Å². The highest BCUT2D eigenvalue weighted by molar-refractivity contribution is 5.37. The first-order valence-corrected chi connectivity index (χ1v) is 10.0. The van der Waals surface area contributed by atoms with Crippen LogP contribution in [0.1, 0.15) is 44.7 Å². The van der Waals surface area contributed by atoms with Crippen molar-refractivity contribution in [3.05, 3.63) is 29.3 Å². The monoisotopic (exact) mass is 348 g/mol. The Kier molecular flexibility index (Phi) is 9.30. The Morgan fingerprint density at radius 1 is 1.12 bits per heavy atom. The molecule has 1 heterocycles. The fourth-order valence-electron chi connectivity index (χ4n) is 3.28. The molecule has 4 nitrogen and oxygen atoms in total. The van der Waals surface area contributed by atoms with E-state index in [0.29, 0.717) is 0 Å². The van der Waals surface area contributed by atoms with Crippen molar-refractivity contribution in [1.82, 2.24) is 9.80 Å². The molecule has 1 saturated heterocycles. The maximum atomic E-state index is 5.98. The van der Waals surface area contributed by atoms with Gasteiger partial charge in [0.05, 0.1) is 19.8 Å². The SMILES string of the molecule is CCCOc1ccc(CCCN2CCOCC2)cc1CN(CC)CC. The van der Waals surface area contributed by atoms with Crippen LogP contribution in [0.2, 0.25) is 0 Å². The van der Waals surface area contributed by atoms with Crippen molar-refractivity contribution in [2.75, 3.05) is 52.5 Å². The first-order chi connectivity index (χ1) is 12.3. The lowest BCUT2D eigenvalue weighted by molar-refractivity contribution is 0.0374. The lowest BCUT2D eigenvalue weighted by Crippen LogP contribution is -2.36. The lowest BCUT2D eigenvalue weighted by Gasteiger charge is -2.26. The molecule has 1 aliphatic rings. The van der Waals surface area contributed by atoms with Gasteiger partial charge in [-0.3, -0.25) is 9.80 Å². The number of hydrogen-bond acceptors (Lipinski definition) is 4. The van der Waals surface area contributed by atoms with Gasteiger partial charge in [-0.05, 0) is 50.5 Å². The van der Waals surface area contributed by atoms with Crippen molar-refractivity contribution in [2.45, 2.75) is 46.6 Å². The highest BCUT2D eigenvalue weighted by Crippen LogP contribution is 2.23. The Labute approximate surface area is 154 Å². The van der Waals surface area contributed by atoms with Crippen LogP contribution in [0, 0.1) is 0 Å². The minimum Gasteiger partial charge on any atom is -0.493 e. The van der Waals surface area contributed by atoms with Crippen molar-refractivity contribution in [3.63, 3.8) is 0 Å². The second-order valence-electron chi connectivity index (χ2n) is 6.81. The van der Waals surface area contributed by atoms with E-state index in [-0.39, 0.29) is 0 Å². The second kappa shape index (κ2) is 11.5. The third kappa shape index (κ3) is 6.96. The third-order valence-electron chi connectivity index (χ3n) is 4.92. The number of ether oxygens (including phenoxy) is 2. The molecule has 0 bridgehead atoms. The molecule has 0 saturated carbocycles. The first kappa shape index (κ1) is 20.2. The standard InChI is InChI=1S/C21H36N2O2/c1-4-14-25-21-10-9-19(17-20(21)18-22(5-2)6-3)8-7-11-23-12-15-24-16-13-23/h9-10,17H,4-8,11-16,18H2,1-3H3. The molecule has 142 valence electrons. The molecule has 0 aliphatic carbocycles. The minimum absolute atomic E-state index is 0.793. The predicted molar refractivity (Wildman–Crippen MR) is 104 cm³/mol. The van der Waals surface area contributed by atoms with Crippen molar-refractivity contribution in [3.8, 4) is 5.75 Å². The van der Waals surface area contributed by atoms with Gasteiger partial charge < -0.3 is 9.47 Å². The maximum absolute atomic E-state index is 5.98. The number of aryl methyl sites for hydroxylation is 1. The molecule has 25 heavy (non-hydrogen) atoms. The van der Waals surface area contributed by atoms with Crippen LogP contribution >= 0.6 is 0 Å². The van der Waals surface area contributed by atoms with Gasteiger partial charge >= 0.3 is 0 Å². The second-order valence-corrected chi connectivity index (χ2v) is 6.81. The van der Waals surface area contributed by atoms with E-state index in [1.165, 1.54) is 24.1 Å². The van der Waals surface area contributed by atoms with Gasteiger partial charge in [-0.25, -0.2) is 0 Å². The summed E-state index contributed by atoms with van der Waals surface area (Å²) in [6, 6.07) is 6.79. The summed E-state index contributed by atoms with van der Waals surface area (Å²) in [4.78, 5) is 4.96. The van der Waals surface area contributed by atoms with Gasteiger partial charge in [-0.15, -0.1) is 0 Å². The van der Waals surface area contributed by atoms with Gasteiger partial charge in [0.2, 0.25) is 0 Å². The fraction of sp³-hybridized carbons (Fsp3) is 0.714. The quantitative estimate of drug-likeness (QED) is 0.610. The normalized spacial score (nSPS) is 15.7. The first-order valence-electron chi connectivity index (χ1n) is 10.0. The van der Waals surface area contributed by atoms with Crippen molar-refractivity contribution in [2.24, 2.45) is 0 Å². The summed E-state index contributed by atoms with van der Waals surface area (Å²) in [6.07, 6.45) is 3.39. The Morgan fingerprint density at radius 3 is 2.56 bits per heavy atom. The van der Waals surface area contributed by atoms with E-state index in [4.69, 9.17) is 9.47 Å². The topological polar surface area (TPSA) is 24.9 Å². The average Bonchev–Trinajstić information content (AvgIpc) is 2.66. The Balaban J connectivity index is 1.94. The molecule has 0 N–H and O–H groups in total. The van der Waals surface area contributed by atoms with Gasteiger partial charge in [0.25, 0.3) is 0 Å². The number of nitrogens with zero attached hydrogens (tertiary/aromatic N) is 2. The molecule has 0 amide bonds. The number of rotatable bonds is 11. The highest BCUT2D eigenvalue weighted by Gasteiger charge is 2.11. The van der Waals surface area contributed by atoms with Gasteiger partial charge in [0.1, 0.15) is 5.75 Å². The van der Waals surface area contributed by atoms with Gasteiger partial charge in [0.15, 0.2) is 0 Å². The molecule has 1 aromatic carbocycles. The summed E-state index contributed by atoms with van der Waals surface area (Å²) >= 11 is 0. The average molecular weight is 349 g/mol. The smallest absolute Gasteiger partial charge is 0.123 e. The molecule has 0 spiro atoms. The summed E-state index contributed by atoms with van der Waals surface area (Å²) in [6.45, 7) is 15.6. The van der Waals surface area contributed by atoms with Crippen LogP contribution in [-0.4, -0.2) is 62.3 Å². The Morgan fingerprint density at radius 2 is 1.88 bits per heavy atom. The number of benzene rings is 1. The van der Waals surface area contributed by atoms with Crippen LogP contribution in [0.15, 0.2) is 18.2 Å². The van der Waals surface area contributed by atoms with Crippen LogP contribution in [-0.2, 0) is 17.7 Å². The highest BCUT2D eigenvalue weighted by atomic mass is 16.5. The Bertz CT molecular complexity index is 483. The summed E-state index contributed by atoms with van der Waals surface area (Å²) in [5.74, 6) is 1.06. The minimum atomic E-state index is 0.793. The van der Waals surface area contributed by atoms with Crippen molar-refractivity contribution in [1.29, 1.82) is 0 Å². The van der Waals surface area contributed by atoms with Crippen LogP contribution in [0.5, 0.6) is 5.75 Å². The van der Waals surface area contributed by atoms with E-state index in [1.807, 2.05) is 0 Å². The molecule has 1 aromatic rings. The molecule has 0 radical (unpaired) electrons. The molecule has 1 fully saturated rings. The summed E-state index contributed by atoms with van der Waals surface area (Å²) in [5.41, 5.74) is 2.76. The molecule has 0 aromatic heterocycles. The molecule has 4 heteroatoms. The van der Waals surface area contributed by atoms with Gasteiger partial charge in [0, 0.05) is 25.2 Å². The summed E-state index contributed by atoms with van der Waals surface area (Å²) < 4.78 is 11.4. The maximum Gasteiger partial charge on any atom is 0.123 e. The van der Waals surface area contributed by atoms with Gasteiger partial charge in [-0.1, -0.05) is 32.9 Å². The molecular weight excluding hydrogens is 312 g/mol. The van der Waals surface area contributed by atoms with E-state index in [9.17, 15) is 0 Å². The predicted octanol–water partition coefficient (Wildman–Crippen LogP) is 3.58. The van der Waals surface area contributed by atoms with Crippen molar-refractivity contribution < 1.29 is 9.47 Å². The lowest BCUT2D eigenvalue weighted by atomic mass is 10.0. The zero-order chi connectivity index (χ0) is 17.9. The van der Waals surface area contributed by atoms with E-state index in [1.54, 1.807) is 0 Å². The summed E-state index contributed by atoms with van der Waals surface area (Å²) in [5, 5.41) is 0. The van der Waals surface area contributed by atoms with Crippen molar-refractivity contribution >= 4 is 0 Å². The van der Waals surface area contributed by atoms with E-state index < -0.39 is 0 Å². The number of morpholine rings is 1. The van der Waals surface area contributed by atoms with Gasteiger partial charge in [-0.2, -0.15) is 0 Å². The largest absolute Gasteiger partial charge is 0.493 e. The molecular formula is C21H36N2O2. The molecule has 0 unspecified atom stereocenters. The molecule has 1 aliphatic heterocycles. The van der Waals surface area contributed by atoms with Crippen LogP contribution in [0.4, 0.5) is 0 Å². The van der Waals surface area contributed by atoms with Crippen LogP contribution < -0.4 is 4.74 Å². The summed E-state index contributed by atoms with van der Waals surface area (Å²) in [7, 11) is 0. The zero-order valence-corrected chi connectivity index (χ0v) is 16.4. The van der Waals surface area contributed by atoms with Crippen LogP contribution in [0.25, 0.3) is 0 Å². The number of hydrogen-bond donors (Lipinski definition) is 0. The third-order valence-corrected chi connectivity index (χ3v) is 4.92. The Hall–Kier alpha value is -1.10. The fourth-order valence-corrected chi connectivity index (χ4v) is 3.28. The zero-order valence-electron chi connectivity index (χ0n) is 16.4. The molecule has 0 atom stereocenters. The van der Waals surface area contributed by atoms with E-state index in [0.717, 1.165) is 71.1 Å². The van der Waals surface area contributed by atoms with E-state index >= 15 is 0 Å².